The van der Waals surface area contributed by atoms with Gasteiger partial charge in [-0.1, -0.05) is 18.6 Å². The number of aromatic nitrogens is 3. The molecular weight excluding hydrogens is 606 g/mol. The zero-order valence-electron chi connectivity index (χ0n) is 25.8. The van der Waals surface area contributed by atoms with Crippen molar-refractivity contribution in [1.82, 2.24) is 25.2 Å². The number of rotatable bonds is 7. The van der Waals surface area contributed by atoms with Crippen molar-refractivity contribution in [2.75, 3.05) is 50.9 Å². The van der Waals surface area contributed by atoms with Crippen LogP contribution >= 0.6 is 0 Å². The summed E-state index contributed by atoms with van der Waals surface area (Å²) in [6, 6.07) is 5.03. The normalized spacial score (nSPS) is 19.3. The number of ether oxygens (including phenoxy) is 2. The second kappa shape index (κ2) is 12.4. The number of benzene rings is 2. The van der Waals surface area contributed by atoms with Crippen LogP contribution in [0.5, 0.6) is 11.8 Å². The van der Waals surface area contributed by atoms with Crippen LogP contribution in [0.15, 0.2) is 43.1 Å². The zero-order valence-corrected chi connectivity index (χ0v) is 25.8. The second-order valence-electron chi connectivity index (χ2n) is 12.3. The number of nitrogens with zero attached hydrogens (tertiary/aromatic N) is 5. The van der Waals surface area contributed by atoms with Gasteiger partial charge in [0.1, 0.15) is 35.2 Å². The van der Waals surface area contributed by atoms with E-state index in [0.717, 1.165) is 38.8 Å². The summed E-state index contributed by atoms with van der Waals surface area (Å²) in [5.41, 5.74) is -0.277. The lowest BCUT2D eigenvalue weighted by atomic mass is 9.95. The predicted molar refractivity (Wildman–Crippen MR) is 173 cm³/mol. The van der Waals surface area contributed by atoms with Gasteiger partial charge in [-0.25, -0.2) is 8.78 Å². The third-order valence-corrected chi connectivity index (χ3v) is 9.47. The Labute approximate surface area is 270 Å². The smallest absolute Gasteiger partial charge is 0.319 e. The van der Waals surface area contributed by atoms with Crippen molar-refractivity contribution in [2.45, 2.75) is 37.3 Å². The average Bonchev–Trinajstić information content (AvgIpc) is 3.57. The van der Waals surface area contributed by atoms with Gasteiger partial charge in [0.25, 0.3) is 0 Å². The number of phenols is 1. The molecule has 1 atom stereocenters. The molecule has 0 unspecified atom stereocenters. The molecule has 0 spiro atoms. The van der Waals surface area contributed by atoms with Gasteiger partial charge in [0, 0.05) is 30.2 Å². The first-order chi connectivity index (χ1) is 22.8. The fourth-order valence-corrected chi connectivity index (χ4v) is 7.28. The molecule has 2 N–H and O–H groups in total. The van der Waals surface area contributed by atoms with E-state index in [1.807, 2.05) is 4.90 Å². The van der Waals surface area contributed by atoms with E-state index in [0.29, 0.717) is 42.9 Å². The van der Waals surface area contributed by atoms with Gasteiger partial charge in [0.15, 0.2) is 5.82 Å². The summed E-state index contributed by atoms with van der Waals surface area (Å²) in [7, 11) is 0. The van der Waals surface area contributed by atoms with Crippen LogP contribution in [0.1, 0.15) is 31.2 Å². The third-order valence-electron chi connectivity index (χ3n) is 9.47. The molecule has 1 amide bonds. The maximum atomic E-state index is 16.9. The van der Waals surface area contributed by atoms with Crippen molar-refractivity contribution in [3.63, 3.8) is 0 Å². The topological polar surface area (TPSA) is 113 Å². The standard InChI is InChI=1S/C35H34F2N6O4/c1-3-24-27(36)8-7-21-15-23(44)16-25(29(21)24)31-30(37)32-26(17-38-31)33(42-13-14-46-19-22(18-42)39-28(45)4-2)41-34(40-32)47-20-35-9-5-11-43(35)12-6-10-35/h1,4,7-8,15-17,22,44H,2,5-6,9-14,18-20H2,(H,39,45)/t22-/m0/s1. The van der Waals surface area contributed by atoms with E-state index in [1.165, 1.54) is 36.5 Å². The molecule has 12 heteroatoms. The first-order valence-electron chi connectivity index (χ1n) is 15.7. The molecule has 0 aliphatic carbocycles. The Hall–Kier alpha value is -4.86. The molecule has 0 saturated carbocycles. The van der Waals surface area contributed by atoms with Gasteiger partial charge in [-0.15, -0.1) is 6.42 Å². The number of carbonyl (C=O) groups is 1. The number of phenolic OH excluding ortho intramolecular Hbond substituents is 1. The summed E-state index contributed by atoms with van der Waals surface area (Å²) in [5, 5.41) is 14.4. The largest absolute Gasteiger partial charge is 0.508 e. The summed E-state index contributed by atoms with van der Waals surface area (Å²) < 4.78 is 43.8. The molecule has 3 aliphatic rings. The lowest BCUT2D eigenvalue weighted by Crippen LogP contribution is -2.44. The first kappa shape index (κ1) is 30.8. The van der Waals surface area contributed by atoms with Crippen molar-refractivity contribution in [2.24, 2.45) is 0 Å². The number of fused-ring (bicyclic) bond motifs is 3. The number of hydrogen-bond donors (Lipinski definition) is 2. The Bertz CT molecular complexity index is 1940. The summed E-state index contributed by atoms with van der Waals surface area (Å²) in [5.74, 6) is 0.774. The third kappa shape index (κ3) is 5.59. The summed E-state index contributed by atoms with van der Waals surface area (Å²) in [4.78, 5) is 30.3. The SMILES string of the molecule is C#Cc1c(F)ccc2cc(O)cc(-c3ncc4c(N5CCOC[C@@H](NC(=O)C=C)C5)nc(OCC56CCCN5CCC6)nc4c3F)c12. The average molecular weight is 641 g/mol. The monoisotopic (exact) mass is 640 g/mol. The van der Waals surface area contributed by atoms with E-state index in [2.05, 4.69) is 32.7 Å². The number of anilines is 1. The van der Waals surface area contributed by atoms with E-state index in [4.69, 9.17) is 20.9 Å². The van der Waals surface area contributed by atoms with Gasteiger partial charge in [-0.2, -0.15) is 9.97 Å². The number of aromatic hydroxyl groups is 1. The molecule has 47 heavy (non-hydrogen) atoms. The van der Waals surface area contributed by atoms with Gasteiger partial charge >= 0.3 is 6.01 Å². The lowest BCUT2D eigenvalue weighted by Gasteiger charge is -2.31. The van der Waals surface area contributed by atoms with Crippen molar-refractivity contribution in [3.8, 4) is 35.4 Å². The Kier molecular flexibility index (Phi) is 8.11. The molecule has 10 nitrogen and oxygen atoms in total. The van der Waals surface area contributed by atoms with E-state index in [1.54, 1.807) is 0 Å². The Morgan fingerprint density at radius 3 is 2.81 bits per heavy atom. The number of halogens is 2. The van der Waals surface area contributed by atoms with Crippen LogP contribution in [-0.2, 0) is 9.53 Å². The van der Waals surface area contributed by atoms with E-state index >= 15 is 4.39 Å². The molecule has 242 valence electrons. The van der Waals surface area contributed by atoms with Crippen molar-refractivity contribution in [1.29, 1.82) is 0 Å². The van der Waals surface area contributed by atoms with Crippen LogP contribution in [-0.4, -0.2) is 88.4 Å². The van der Waals surface area contributed by atoms with Gasteiger partial charge < -0.3 is 24.8 Å². The highest BCUT2D eigenvalue weighted by atomic mass is 19.1. The van der Waals surface area contributed by atoms with Gasteiger partial charge in [0.2, 0.25) is 5.91 Å². The lowest BCUT2D eigenvalue weighted by molar-refractivity contribution is -0.117. The van der Waals surface area contributed by atoms with Crippen LogP contribution in [0.2, 0.25) is 0 Å². The van der Waals surface area contributed by atoms with Crippen LogP contribution < -0.4 is 15.0 Å². The second-order valence-corrected chi connectivity index (χ2v) is 12.3. The minimum atomic E-state index is -0.806. The van der Waals surface area contributed by atoms with E-state index < -0.39 is 17.7 Å². The highest BCUT2D eigenvalue weighted by Crippen LogP contribution is 2.41. The van der Waals surface area contributed by atoms with E-state index in [-0.39, 0.29) is 57.5 Å². The number of terminal acetylenes is 1. The predicted octanol–water partition coefficient (Wildman–Crippen LogP) is 4.32. The van der Waals surface area contributed by atoms with Gasteiger partial charge in [-0.3, -0.25) is 14.7 Å². The Morgan fingerprint density at radius 1 is 1.23 bits per heavy atom. The molecule has 7 rings (SSSR count). The number of hydrogen-bond acceptors (Lipinski definition) is 9. The number of carbonyl (C=O) groups excluding carboxylic acids is 1. The van der Waals surface area contributed by atoms with Crippen LogP contribution in [0.3, 0.4) is 0 Å². The molecule has 0 bridgehead atoms. The molecule has 0 radical (unpaired) electrons. The number of nitrogens with one attached hydrogen (secondary N) is 1. The number of amides is 1. The minimum Gasteiger partial charge on any atom is -0.508 e. The quantitative estimate of drug-likeness (QED) is 0.225. The molecule has 2 aromatic heterocycles. The van der Waals surface area contributed by atoms with Gasteiger partial charge in [0.05, 0.1) is 35.7 Å². The summed E-state index contributed by atoms with van der Waals surface area (Å²) >= 11 is 0. The fraction of sp³-hybridized carbons (Fsp3) is 0.371. The highest BCUT2D eigenvalue weighted by Gasteiger charge is 2.45. The summed E-state index contributed by atoms with van der Waals surface area (Å²) in [6.07, 6.45) is 12.5. The van der Waals surface area contributed by atoms with Crippen LogP contribution in [0.25, 0.3) is 32.9 Å². The van der Waals surface area contributed by atoms with E-state index in [9.17, 15) is 14.3 Å². The molecule has 3 fully saturated rings. The Morgan fingerprint density at radius 2 is 2.04 bits per heavy atom. The number of pyridine rings is 1. The Balaban J connectivity index is 1.37. The van der Waals surface area contributed by atoms with Crippen LogP contribution in [0.4, 0.5) is 14.6 Å². The maximum absolute atomic E-state index is 16.9. The molecule has 2 aromatic carbocycles. The molecule has 5 heterocycles. The maximum Gasteiger partial charge on any atom is 0.319 e. The first-order valence-corrected chi connectivity index (χ1v) is 15.7. The summed E-state index contributed by atoms with van der Waals surface area (Å²) in [6.45, 7) is 7.25. The molecule has 3 aliphatic heterocycles. The van der Waals surface area contributed by atoms with Gasteiger partial charge in [-0.05, 0) is 68.4 Å². The van der Waals surface area contributed by atoms with Crippen molar-refractivity contribution >= 4 is 33.4 Å². The molecule has 3 saturated heterocycles. The fourth-order valence-electron chi connectivity index (χ4n) is 7.28. The zero-order chi connectivity index (χ0) is 32.7. The molecular formula is C35H34F2N6O4. The van der Waals surface area contributed by atoms with Crippen LogP contribution in [0, 0.1) is 24.0 Å². The van der Waals surface area contributed by atoms with Crippen molar-refractivity contribution in [3.05, 3.63) is 60.3 Å². The molecule has 4 aromatic rings. The highest BCUT2D eigenvalue weighted by molar-refractivity contribution is 6.03. The van der Waals surface area contributed by atoms with Crippen molar-refractivity contribution < 1.29 is 28.2 Å². The minimum absolute atomic E-state index is 0.00430.